The summed E-state index contributed by atoms with van der Waals surface area (Å²) in [4.78, 5) is 14.0. The molecule has 5 aromatic carbocycles. The maximum atomic E-state index is 4.69. The Kier molecular flexibility index (Phi) is 11.8. The van der Waals surface area contributed by atoms with Crippen LogP contribution in [0, 0.1) is 26.0 Å². The molecule has 1 radical (unpaired) electrons. The fraction of sp³-hybridized carbons (Fsp3) is 0.174. The Morgan fingerprint density at radius 3 is 1.89 bits per heavy atom. The average molecular weight is 870 g/mol. The third-order valence-electron chi connectivity index (χ3n) is 9.65. The van der Waals surface area contributed by atoms with E-state index in [0.29, 0.717) is 11.8 Å². The zero-order valence-corrected chi connectivity index (χ0v) is 33.6. The summed E-state index contributed by atoms with van der Waals surface area (Å²) in [5.41, 5.74) is 12.1. The van der Waals surface area contributed by atoms with Crippen molar-refractivity contribution in [2.45, 2.75) is 53.4 Å². The molecule has 5 nitrogen and oxygen atoms in total. The Bertz CT molecular complexity index is 2210. The van der Waals surface area contributed by atoms with Crippen LogP contribution in [0.2, 0.25) is 0 Å². The largest absolute Gasteiger partial charge is 0.415 e. The van der Waals surface area contributed by atoms with Crippen LogP contribution >= 0.6 is 0 Å². The molecular formula is C46H44BIrN5-2. The summed E-state index contributed by atoms with van der Waals surface area (Å²) in [6.45, 7) is 13.3. The van der Waals surface area contributed by atoms with E-state index in [-0.39, 0.29) is 27.1 Å². The summed E-state index contributed by atoms with van der Waals surface area (Å²) >= 11 is 0. The Balaban J connectivity index is 0.000000183. The molecule has 53 heavy (non-hydrogen) atoms. The smallest absolute Gasteiger partial charge is 0.408 e. The third kappa shape index (κ3) is 7.51. The third-order valence-corrected chi connectivity index (χ3v) is 9.65. The summed E-state index contributed by atoms with van der Waals surface area (Å²) in [7, 11) is 0. The van der Waals surface area contributed by atoms with E-state index in [0.717, 1.165) is 28.6 Å². The average Bonchev–Trinajstić information content (AvgIpc) is 3.79. The number of rotatable bonds is 7. The molecular weight excluding hydrogens is 826 g/mol. The second-order valence-electron chi connectivity index (χ2n) is 13.8. The number of aromatic nitrogens is 3. The maximum absolute atomic E-state index is 4.69. The van der Waals surface area contributed by atoms with E-state index >= 15 is 0 Å². The molecule has 1 aliphatic rings. The maximum Gasteiger partial charge on any atom is 0.408 e. The van der Waals surface area contributed by atoms with Gasteiger partial charge in [0.2, 0.25) is 0 Å². The van der Waals surface area contributed by atoms with Gasteiger partial charge in [0, 0.05) is 50.1 Å². The van der Waals surface area contributed by atoms with Crippen molar-refractivity contribution in [3.63, 3.8) is 0 Å². The molecule has 0 saturated heterocycles. The summed E-state index contributed by atoms with van der Waals surface area (Å²) < 4.78 is 2.22. The van der Waals surface area contributed by atoms with Gasteiger partial charge in [-0.15, -0.1) is 42.0 Å². The van der Waals surface area contributed by atoms with E-state index in [9.17, 15) is 0 Å². The van der Waals surface area contributed by atoms with Crippen molar-refractivity contribution in [2.75, 3.05) is 9.62 Å². The summed E-state index contributed by atoms with van der Waals surface area (Å²) in [6, 6.07) is 50.8. The number of fused-ring (bicyclic) bond motifs is 1. The quantitative estimate of drug-likeness (QED) is 0.118. The first-order valence-electron chi connectivity index (χ1n) is 18.1. The van der Waals surface area contributed by atoms with Gasteiger partial charge in [-0.25, -0.2) is 4.98 Å². The fourth-order valence-corrected chi connectivity index (χ4v) is 7.27. The van der Waals surface area contributed by atoms with Crippen molar-refractivity contribution in [3.05, 3.63) is 180 Å². The minimum Gasteiger partial charge on any atom is -0.415 e. The first-order valence-corrected chi connectivity index (χ1v) is 18.1. The molecule has 8 rings (SSSR count). The van der Waals surface area contributed by atoms with E-state index in [2.05, 4.69) is 175 Å². The Morgan fingerprint density at radius 2 is 1.25 bits per heavy atom. The monoisotopic (exact) mass is 870 g/mol. The number of pyridine rings is 1. The summed E-state index contributed by atoms with van der Waals surface area (Å²) in [5, 5.41) is 0. The van der Waals surface area contributed by atoms with Gasteiger partial charge >= 0.3 is 6.98 Å². The fourth-order valence-electron chi connectivity index (χ4n) is 7.27. The molecule has 1 aliphatic heterocycles. The van der Waals surface area contributed by atoms with Gasteiger partial charge in [-0.05, 0) is 65.5 Å². The normalized spacial score (nSPS) is 12.0. The molecule has 2 aromatic heterocycles. The molecule has 7 aromatic rings. The van der Waals surface area contributed by atoms with Crippen LogP contribution in [-0.4, -0.2) is 21.5 Å². The predicted molar refractivity (Wildman–Crippen MR) is 218 cm³/mol. The molecule has 0 fully saturated rings. The number of hydrogen-bond donors (Lipinski definition) is 0. The van der Waals surface area contributed by atoms with Crippen LogP contribution in [0.5, 0.6) is 0 Å². The van der Waals surface area contributed by atoms with Crippen molar-refractivity contribution in [1.29, 1.82) is 0 Å². The van der Waals surface area contributed by atoms with Crippen LogP contribution in [-0.2, 0) is 20.1 Å². The summed E-state index contributed by atoms with van der Waals surface area (Å²) in [5.74, 6) is 2.77. The van der Waals surface area contributed by atoms with Crippen LogP contribution in [0.25, 0.3) is 17.1 Å². The van der Waals surface area contributed by atoms with Gasteiger partial charge in [0.25, 0.3) is 0 Å². The Labute approximate surface area is 328 Å². The van der Waals surface area contributed by atoms with Crippen molar-refractivity contribution < 1.29 is 20.1 Å². The molecule has 7 heteroatoms. The second kappa shape index (κ2) is 16.6. The number of imidazole rings is 1. The van der Waals surface area contributed by atoms with Crippen molar-refractivity contribution in [2.24, 2.45) is 0 Å². The predicted octanol–water partition coefficient (Wildman–Crippen LogP) is 10.8. The van der Waals surface area contributed by atoms with E-state index in [4.69, 9.17) is 0 Å². The number of benzene rings is 5. The zero-order chi connectivity index (χ0) is 36.2. The molecule has 0 N–H and O–H groups in total. The van der Waals surface area contributed by atoms with Crippen molar-refractivity contribution in [3.8, 4) is 17.1 Å². The summed E-state index contributed by atoms with van der Waals surface area (Å²) in [6.07, 6.45) is 5.78. The van der Waals surface area contributed by atoms with Gasteiger partial charge in [0.15, 0.2) is 0 Å². The zero-order valence-electron chi connectivity index (χ0n) is 31.2. The number of para-hydroxylation sites is 3. The van der Waals surface area contributed by atoms with E-state index in [1.807, 2.05) is 48.8 Å². The molecule has 0 bridgehead atoms. The van der Waals surface area contributed by atoms with E-state index < -0.39 is 0 Å². The standard InChI is InChI=1S/C25H21BN3.C21H23N2.Ir/c1-19-11-10-12-20(2)25(19)29-23-16-7-6-15-22(23)28(24-17-8-9-18-27-24)26(29)21-13-4-3-5-14-21;1-15(2)18-11-8-12-19(16(3)4)20(18)23-14-13-22-21(23)17-9-6-5-7-10-17;/h3-14,16-18H,1-2H3;5-9,11-16H,1-4H3;/q2*-1;. The van der Waals surface area contributed by atoms with Gasteiger partial charge in [-0.1, -0.05) is 112 Å². The van der Waals surface area contributed by atoms with Gasteiger partial charge < -0.3 is 14.2 Å². The number of nitrogens with zero attached hydrogens (tertiary/aromatic N) is 5. The molecule has 0 amide bonds. The van der Waals surface area contributed by atoms with Gasteiger partial charge in [-0.3, -0.25) is 4.98 Å². The van der Waals surface area contributed by atoms with Crippen LogP contribution in [0.3, 0.4) is 0 Å². The van der Waals surface area contributed by atoms with Crippen LogP contribution in [0.1, 0.15) is 61.8 Å². The first-order chi connectivity index (χ1) is 25.3. The number of hydrogen-bond acceptors (Lipinski definition) is 4. The van der Waals surface area contributed by atoms with Gasteiger partial charge in [-0.2, -0.15) is 18.2 Å². The molecule has 0 unspecified atom stereocenters. The Morgan fingerprint density at radius 1 is 0.585 bits per heavy atom. The number of aryl methyl sites for hydroxylation is 2. The van der Waals surface area contributed by atoms with Crippen LogP contribution in [0.4, 0.5) is 22.9 Å². The van der Waals surface area contributed by atoms with Crippen molar-refractivity contribution >= 4 is 35.3 Å². The minimum absolute atomic E-state index is 0. The minimum atomic E-state index is -0.0421. The van der Waals surface area contributed by atoms with Gasteiger partial charge in [0.1, 0.15) is 5.82 Å². The van der Waals surface area contributed by atoms with Crippen LogP contribution < -0.4 is 15.1 Å². The topological polar surface area (TPSA) is 37.2 Å². The van der Waals surface area contributed by atoms with Crippen LogP contribution in [0.15, 0.2) is 146 Å². The number of anilines is 4. The molecule has 0 atom stereocenters. The van der Waals surface area contributed by atoms with E-state index in [1.165, 1.54) is 39.1 Å². The molecule has 3 heterocycles. The van der Waals surface area contributed by atoms with Gasteiger partial charge in [0.05, 0.1) is 5.82 Å². The first kappa shape index (κ1) is 37.5. The molecule has 0 spiro atoms. The van der Waals surface area contributed by atoms with E-state index in [1.54, 1.807) is 0 Å². The Hall–Kier alpha value is -5.23. The SMILES string of the molecule is CC(C)c1cccc(C(C)C)c1-n1ccnc1-c1[c-]cccc1.Cc1cccc(C)c1N1B(c2ccccc2)N(c2ccccn2)c2[c-]cccc21.[Ir]. The molecule has 267 valence electrons. The van der Waals surface area contributed by atoms with Crippen molar-refractivity contribution in [1.82, 2.24) is 14.5 Å². The molecule has 0 saturated carbocycles. The molecule has 0 aliphatic carbocycles. The second-order valence-corrected chi connectivity index (χ2v) is 13.8.